The number of nitrogens with zero attached hydrogens (tertiary/aromatic N) is 2. The summed E-state index contributed by atoms with van der Waals surface area (Å²) in [4.78, 5) is 21.0. The van der Waals surface area contributed by atoms with Crippen molar-refractivity contribution in [3.05, 3.63) is 47.8 Å². The fourth-order valence-corrected chi connectivity index (χ4v) is 2.38. The fourth-order valence-electron chi connectivity index (χ4n) is 2.38. The van der Waals surface area contributed by atoms with Crippen molar-refractivity contribution >= 4 is 17.5 Å². The molecule has 0 spiro atoms. The molecule has 5 nitrogen and oxygen atoms in total. The van der Waals surface area contributed by atoms with Crippen molar-refractivity contribution in [2.24, 2.45) is 0 Å². The van der Waals surface area contributed by atoms with E-state index in [0.717, 1.165) is 30.6 Å². The van der Waals surface area contributed by atoms with Crippen LogP contribution in [0.4, 0.5) is 11.6 Å². The van der Waals surface area contributed by atoms with E-state index in [1.165, 1.54) is 0 Å². The molecule has 0 bridgehead atoms. The number of carbonyl (C=O) groups is 1. The molecule has 0 radical (unpaired) electrons. The molecule has 0 fully saturated rings. The highest BCUT2D eigenvalue weighted by Crippen LogP contribution is 2.29. The number of hydrogen-bond acceptors (Lipinski definition) is 4. The molecule has 0 aliphatic rings. The van der Waals surface area contributed by atoms with Crippen molar-refractivity contribution < 1.29 is 4.79 Å². The van der Waals surface area contributed by atoms with Crippen LogP contribution in [-0.4, -0.2) is 22.4 Å². The first-order chi connectivity index (χ1) is 11.4. The maximum atomic E-state index is 12.5. The molecule has 24 heavy (non-hydrogen) atoms. The van der Waals surface area contributed by atoms with E-state index >= 15 is 0 Å². The lowest BCUT2D eigenvalue weighted by atomic mass is 9.86. The number of para-hydroxylation sites is 1. The molecule has 2 rings (SSSR count). The number of unbranched alkanes of at least 4 members (excludes halogenated alkanes) is 1. The summed E-state index contributed by atoms with van der Waals surface area (Å²) in [5, 5.41) is 6.11. The molecule has 0 saturated heterocycles. The minimum Gasteiger partial charge on any atom is -0.354 e. The zero-order valence-corrected chi connectivity index (χ0v) is 14.9. The molecule has 0 aliphatic heterocycles. The fraction of sp³-hybridized carbons (Fsp3) is 0.421. The second kappa shape index (κ2) is 7.90. The molecule has 2 aromatic rings. The molecule has 128 valence electrons. The normalized spacial score (nSPS) is 11.2. The second-order valence-corrected chi connectivity index (χ2v) is 6.80. The van der Waals surface area contributed by atoms with Crippen LogP contribution in [-0.2, 0) is 5.41 Å². The van der Waals surface area contributed by atoms with Crippen LogP contribution >= 0.6 is 0 Å². The standard InChI is InChI=1S/C19H26N4O/c1-5-6-12-20-18-21-13-11-16(23-18)17(24)22-15-10-8-7-9-14(15)19(2,3)4/h7-11,13H,5-6,12H2,1-4H3,(H,22,24)(H,20,21,23). The van der Waals surface area contributed by atoms with Gasteiger partial charge in [-0.25, -0.2) is 9.97 Å². The van der Waals surface area contributed by atoms with Gasteiger partial charge in [-0.15, -0.1) is 0 Å². The van der Waals surface area contributed by atoms with Gasteiger partial charge in [0.25, 0.3) is 5.91 Å². The molecular weight excluding hydrogens is 300 g/mol. The Morgan fingerprint density at radius 2 is 1.92 bits per heavy atom. The molecule has 0 atom stereocenters. The maximum Gasteiger partial charge on any atom is 0.274 e. The number of aromatic nitrogens is 2. The lowest BCUT2D eigenvalue weighted by molar-refractivity contribution is 0.102. The SMILES string of the molecule is CCCCNc1nccc(C(=O)Nc2ccccc2C(C)(C)C)n1. The Morgan fingerprint density at radius 3 is 2.62 bits per heavy atom. The van der Waals surface area contributed by atoms with Crippen molar-refractivity contribution in [1.82, 2.24) is 9.97 Å². The average Bonchev–Trinajstić information content (AvgIpc) is 2.55. The number of amides is 1. The number of hydrogen-bond donors (Lipinski definition) is 2. The molecule has 2 N–H and O–H groups in total. The van der Waals surface area contributed by atoms with Gasteiger partial charge < -0.3 is 10.6 Å². The molecule has 0 unspecified atom stereocenters. The van der Waals surface area contributed by atoms with E-state index in [4.69, 9.17) is 0 Å². The van der Waals surface area contributed by atoms with Gasteiger partial charge in [0.05, 0.1) is 0 Å². The van der Waals surface area contributed by atoms with E-state index in [2.05, 4.69) is 48.3 Å². The summed E-state index contributed by atoms with van der Waals surface area (Å²) in [7, 11) is 0. The van der Waals surface area contributed by atoms with Gasteiger partial charge >= 0.3 is 0 Å². The highest BCUT2D eigenvalue weighted by atomic mass is 16.1. The monoisotopic (exact) mass is 326 g/mol. The first kappa shape index (κ1) is 17.9. The van der Waals surface area contributed by atoms with E-state index in [-0.39, 0.29) is 11.3 Å². The predicted octanol–water partition coefficient (Wildman–Crippen LogP) is 4.24. The number of rotatable bonds is 6. The minimum atomic E-state index is -0.229. The summed E-state index contributed by atoms with van der Waals surface area (Å²) in [5.74, 6) is 0.257. The molecule has 1 aromatic heterocycles. The van der Waals surface area contributed by atoms with Crippen molar-refractivity contribution in [3.8, 4) is 0 Å². The summed E-state index contributed by atoms with van der Waals surface area (Å²) in [6.07, 6.45) is 3.74. The zero-order valence-electron chi connectivity index (χ0n) is 14.9. The highest BCUT2D eigenvalue weighted by Gasteiger charge is 2.19. The number of nitrogens with one attached hydrogen (secondary N) is 2. The Balaban J connectivity index is 2.15. The summed E-state index contributed by atoms with van der Waals surface area (Å²) < 4.78 is 0. The molecule has 5 heteroatoms. The van der Waals surface area contributed by atoms with Gasteiger partial charge in [-0.05, 0) is 29.5 Å². The number of carbonyl (C=O) groups excluding carboxylic acids is 1. The van der Waals surface area contributed by atoms with Gasteiger partial charge in [-0.2, -0.15) is 0 Å². The number of benzene rings is 1. The van der Waals surface area contributed by atoms with Gasteiger partial charge in [0.1, 0.15) is 5.69 Å². The smallest absolute Gasteiger partial charge is 0.274 e. The summed E-state index contributed by atoms with van der Waals surface area (Å²) in [5.41, 5.74) is 2.21. The van der Waals surface area contributed by atoms with E-state index in [0.29, 0.717) is 11.6 Å². The van der Waals surface area contributed by atoms with E-state index in [1.54, 1.807) is 12.3 Å². The molecule has 0 aliphatic carbocycles. The van der Waals surface area contributed by atoms with Gasteiger partial charge in [-0.3, -0.25) is 4.79 Å². The van der Waals surface area contributed by atoms with E-state index < -0.39 is 0 Å². The lowest BCUT2D eigenvalue weighted by Crippen LogP contribution is -2.20. The zero-order chi connectivity index (χ0) is 17.6. The third-order valence-electron chi connectivity index (χ3n) is 3.68. The van der Waals surface area contributed by atoms with Crippen molar-refractivity contribution in [3.63, 3.8) is 0 Å². The lowest BCUT2D eigenvalue weighted by Gasteiger charge is -2.22. The van der Waals surface area contributed by atoms with Gasteiger partial charge in [0.2, 0.25) is 5.95 Å². The maximum absolute atomic E-state index is 12.5. The molecule has 1 aromatic carbocycles. The molecule has 0 saturated carbocycles. The minimum absolute atomic E-state index is 0.0532. The van der Waals surface area contributed by atoms with Crippen LogP contribution in [0.25, 0.3) is 0 Å². The molecule has 1 amide bonds. The van der Waals surface area contributed by atoms with Crippen LogP contribution in [0.15, 0.2) is 36.5 Å². The van der Waals surface area contributed by atoms with Gasteiger partial charge in [0, 0.05) is 18.4 Å². The van der Waals surface area contributed by atoms with Crippen molar-refractivity contribution in [1.29, 1.82) is 0 Å². The summed E-state index contributed by atoms with van der Waals surface area (Å²) >= 11 is 0. The largest absolute Gasteiger partial charge is 0.354 e. The van der Waals surface area contributed by atoms with Crippen LogP contribution in [0, 0.1) is 0 Å². The van der Waals surface area contributed by atoms with Gasteiger partial charge in [0.15, 0.2) is 0 Å². The Labute approximate surface area is 143 Å². The van der Waals surface area contributed by atoms with Crippen LogP contribution in [0.5, 0.6) is 0 Å². The second-order valence-electron chi connectivity index (χ2n) is 6.80. The Morgan fingerprint density at radius 1 is 1.17 bits per heavy atom. The first-order valence-corrected chi connectivity index (χ1v) is 8.39. The molecular formula is C19H26N4O. The van der Waals surface area contributed by atoms with Crippen LogP contribution in [0.1, 0.15) is 56.6 Å². The van der Waals surface area contributed by atoms with E-state index in [1.807, 2.05) is 24.3 Å². The van der Waals surface area contributed by atoms with Crippen LogP contribution in [0.2, 0.25) is 0 Å². The predicted molar refractivity (Wildman–Crippen MR) is 98.5 cm³/mol. The van der Waals surface area contributed by atoms with Gasteiger partial charge in [-0.1, -0.05) is 52.3 Å². The van der Waals surface area contributed by atoms with E-state index in [9.17, 15) is 4.79 Å². The molecule has 1 heterocycles. The van der Waals surface area contributed by atoms with Crippen molar-refractivity contribution in [2.75, 3.05) is 17.2 Å². The first-order valence-electron chi connectivity index (χ1n) is 8.39. The highest BCUT2D eigenvalue weighted by molar-refractivity contribution is 6.03. The Hall–Kier alpha value is -2.43. The van der Waals surface area contributed by atoms with Crippen LogP contribution in [0.3, 0.4) is 0 Å². The number of anilines is 2. The quantitative estimate of drug-likeness (QED) is 0.779. The third-order valence-corrected chi connectivity index (χ3v) is 3.68. The van der Waals surface area contributed by atoms with Crippen molar-refractivity contribution in [2.45, 2.75) is 46.0 Å². The summed E-state index contributed by atoms with van der Waals surface area (Å²) in [6, 6.07) is 9.48. The Bertz CT molecular complexity index is 692. The Kier molecular flexibility index (Phi) is 5.90. The topological polar surface area (TPSA) is 66.9 Å². The third kappa shape index (κ3) is 4.78. The summed E-state index contributed by atoms with van der Waals surface area (Å²) in [6.45, 7) is 9.29. The average molecular weight is 326 g/mol. The van der Waals surface area contributed by atoms with Crippen LogP contribution < -0.4 is 10.6 Å².